The van der Waals surface area contributed by atoms with E-state index in [0.29, 0.717) is 19.8 Å². The van der Waals surface area contributed by atoms with Crippen LogP contribution < -0.4 is 0 Å². The second-order valence-corrected chi connectivity index (χ2v) is 5.40. The fourth-order valence-corrected chi connectivity index (χ4v) is 2.82. The predicted octanol–water partition coefficient (Wildman–Crippen LogP) is 3.67. The van der Waals surface area contributed by atoms with E-state index in [9.17, 15) is 9.50 Å². The Bertz CT molecular complexity index is 517. The molecule has 0 saturated heterocycles. The zero-order valence-corrected chi connectivity index (χ0v) is 10.2. The van der Waals surface area contributed by atoms with E-state index < -0.39 is 11.9 Å². The van der Waals surface area contributed by atoms with Crippen molar-refractivity contribution in [2.24, 2.45) is 0 Å². The highest BCUT2D eigenvalue weighted by Gasteiger charge is 2.17. The number of hydrogen-bond acceptors (Lipinski definition) is 3. The molecule has 6 heteroatoms. The van der Waals surface area contributed by atoms with Crippen molar-refractivity contribution in [1.29, 1.82) is 0 Å². The van der Waals surface area contributed by atoms with Gasteiger partial charge in [-0.2, -0.15) is 0 Å². The van der Waals surface area contributed by atoms with E-state index in [1.807, 2.05) is 0 Å². The number of nitrogens with zero attached hydrogens (tertiary/aromatic N) is 1. The van der Waals surface area contributed by atoms with Crippen molar-refractivity contribution in [1.82, 2.24) is 4.98 Å². The van der Waals surface area contributed by atoms with Crippen molar-refractivity contribution in [2.75, 3.05) is 0 Å². The van der Waals surface area contributed by atoms with E-state index in [1.165, 1.54) is 12.3 Å². The lowest BCUT2D eigenvalue weighted by Gasteiger charge is -2.09. The van der Waals surface area contributed by atoms with Crippen LogP contribution >= 0.6 is 34.5 Å². The fraction of sp³-hybridized carbons (Fsp3) is 0.100. The maximum absolute atomic E-state index is 12.9. The second kappa shape index (κ2) is 4.67. The van der Waals surface area contributed by atoms with E-state index >= 15 is 0 Å². The van der Waals surface area contributed by atoms with E-state index in [4.69, 9.17) is 23.2 Å². The largest absolute Gasteiger partial charge is 0.384 e. The van der Waals surface area contributed by atoms with Crippen molar-refractivity contribution in [2.45, 2.75) is 6.10 Å². The molecule has 0 bridgehead atoms. The van der Waals surface area contributed by atoms with Gasteiger partial charge in [0.15, 0.2) is 0 Å². The summed E-state index contributed by atoms with van der Waals surface area (Å²) < 4.78 is 13.8. The topological polar surface area (TPSA) is 33.1 Å². The van der Waals surface area contributed by atoms with Gasteiger partial charge < -0.3 is 5.11 Å². The predicted molar refractivity (Wildman–Crippen MR) is 62.6 cm³/mol. The first-order valence-corrected chi connectivity index (χ1v) is 5.88. The van der Waals surface area contributed by atoms with Gasteiger partial charge in [0, 0.05) is 17.3 Å². The van der Waals surface area contributed by atoms with Gasteiger partial charge in [0.05, 0.1) is 10.5 Å². The van der Waals surface area contributed by atoms with Crippen molar-refractivity contribution in [3.8, 4) is 0 Å². The van der Waals surface area contributed by atoms with E-state index in [1.54, 1.807) is 6.07 Å². The number of aromatic nitrogens is 1. The molecule has 0 saturated carbocycles. The van der Waals surface area contributed by atoms with Crippen molar-refractivity contribution in [3.05, 3.63) is 50.1 Å². The van der Waals surface area contributed by atoms with Crippen LogP contribution in [0.15, 0.2) is 24.5 Å². The smallest absolute Gasteiger partial charge is 0.141 e. The Morgan fingerprint density at radius 2 is 2.06 bits per heavy atom. The summed E-state index contributed by atoms with van der Waals surface area (Å²) in [5.41, 5.74) is 0.806. The first-order valence-electron chi connectivity index (χ1n) is 4.31. The minimum atomic E-state index is -1.01. The van der Waals surface area contributed by atoms with Gasteiger partial charge in [-0.05, 0) is 12.1 Å². The Morgan fingerprint density at radius 1 is 1.31 bits per heavy atom. The zero-order valence-electron chi connectivity index (χ0n) is 7.82. The van der Waals surface area contributed by atoms with Crippen LogP contribution in [0.1, 0.15) is 17.2 Å². The molecule has 0 spiro atoms. The Balaban J connectivity index is 2.38. The number of aliphatic hydroxyl groups excluding tert-OH is 1. The van der Waals surface area contributed by atoms with Crippen LogP contribution in [-0.2, 0) is 0 Å². The van der Waals surface area contributed by atoms with Crippen molar-refractivity contribution in [3.63, 3.8) is 0 Å². The normalized spacial score (nSPS) is 12.8. The van der Waals surface area contributed by atoms with Gasteiger partial charge in [0.1, 0.15) is 16.3 Å². The molecular weight excluding hydrogens is 272 g/mol. The third-order valence-corrected chi connectivity index (χ3v) is 3.54. The molecule has 84 valence electrons. The number of rotatable bonds is 2. The van der Waals surface area contributed by atoms with E-state index in [0.717, 1.165) is 17.5 Å². The van der Waals surface area contributed by atoms with E-state index in [-0.39, 0.29) is 0 Å². The molecule has 0 aromatic carbocycles. The molecule has 2 rings (SSSR count). The highest BCUT2D eigenvalue weighted by Crippen LogP contribution is 2.37. The van der Waals surface area contributed by atoms with Crippen LogP contribution in [0.2, 0.25) is 8.67 Å². The van der Waals surface area contributed by atoms with Gasteiger partial charge in [-0.1, -0.05) is 23.2 Å². The molecule has 2 aromatic heterocycles. The SMILES string of the molecule is OC(c1cncc(F)c1)c1cc(Cl)sc1Cl. The van der Waals surface area contributed by atoms with Gasteiger partial charge in [0.25, 0.3) is 0 Å². The zero-order chi connectivity index (χ0) is 11.7. The van der Waals surface area contributed by atoms with Gasteiger partial charge in [-0.3, -0.25) is 4.98 Å². The minimum absolute atomic E-state index is 0.344. The number of hydrogen-bond donors (Lipinski definition) is 1. The molecule has 1 N–H and O–H groups in total. The molecular formula is C10H6Cl2FNOS. The Morgan fingerprint density at radius 3 is 2.62 bits per heavy atom. The van der Waals surface area contributed by atoms with Crippen molar-refractivity contribution >= 4 is 34.5 Å². The first-order chi connectivity index (χ1) is 7.58. The quantitative estimate of drug-likeness (QED) is 0.909. The summed E-state index contributed by atoms with van der Waals surface area (Å²) in [5.74, 6) is -0.506. The molecule has 0 amide bonds. The monoisotopic (exact) mass is 277 g/mol. The van der Waals surface area contributed by atoms with Gasteiger partial charge in [-0.15, -0.1) is 11.3 Å². The van der Waals surface area contributed by atoms with Crippen LogP contribution in [0, 0.1) is 5.82 Å². The summed E-state index contributed by atoms with van der Waals surface area (Å²) >= 11 is 12.8. The van der Waals surface area contributed by atoms with Crippen molar-refractivity contribution < 1.29 is 9.50 Å². The molecule has 2 heterocycles. The van der Waals surface area contributed by atoms with Crippen LogP contribution in [0.3, 0.4) is 0 Å². The molecule has 0 radical (unpaired) electrons. The molecule has 0 aliphatic carbocycles. The first kappa shape index (κ1) is 11.8. The highest BCUT2D eigenvalue weighted by molar-refractivity contribution is 7.20. The Kier molecular flexibility index (Phi) is 3.44. The average Bonchev–Trinajstić information content (AvgIpc) is 2.57. The average molecular weight is 278 g/mol. The summed E-state index contributed by atoms with van der Waals surface area (Å²) in [6, 6.07) is 2.77. The number of thiophene rings is 1. The van der Waals surface area contributed by atoms with Gasteiger partial charge >= 0.3 is 0 Å². The number of halogens is 3. The highest BCUT2D eigenvalue weighted by atomic mass is 35.5. The summed E-state index contributed by atoms with van der Waals surface area (Å²) in [6.45, 7) is 0. The lowest BCUT2D eigenvalue weighted by atomic mass is 10.1. The molecule has 2 aromatic rings. The summed E-state index contributed by atoms with van der Waals surface area (Å²) in [4.78, 5) is 3.66. The summed E-state index contributed by atoms with van der Waals surface area (Å²) in [5, 5.41) is 9.97. The Labute approximate surface area is 105 Å². The molecule has 1 atom stereocenters. The lowest BCUT2D eigenvalue weighted by molar-refractivity contribution is 0.220. The van der Waals surface area contributed by atoms with Crippen LogP contribution in [0.25, 0.3) is 0 Å². The molecule has 16 heavy (non-hydrogen) atoms. The Hall–Kier alpha value is -0.680. The maximum atomic E-state index is 12.9. The maximum Gasteiger partial charge on any atom is 0.141 e. The molecule has 0 aliphatic heterocycles. The fourth-order valence-electron chi connectivity index (χ4n) is 1.30. The third-order valence-electron chi connectivity index (χ3n) is 2.02. The molecule has 1 unspecified atom stereocenters. The van der Waals surface area contributed by atoms with Crippen LogP contribution in [0.5, 0.6) is 0 Å². The molecule has 0 aliphatic rings. The molecule has 0 fully saturated rings. The number of pyridine rings is 1. The second-order valence-electron chi connectivity index (χ2n) is 3.12. The minimum Gasteiger partial charge on any atom is -0.384 e. The summed E-state index contributed by atoms with van der Waals surface area (Å²) in [6.07, 6.45) is 1.44. The number of aliphatic hydroxyl groups is 1. The van der Waals surface area contributed by atoms with Crippen LogP contribution in [0.4, 0.5) is 4.39 Å². The third kappa shape index (κ3) is 2.35. The van der Waals surface area contributed by atoms with Crippen LogP contribution in [-0.4, -0.2) is 10.1 Å². The van der Waals surface area contributed by atoms with Gasteiger partial charge in [0.2, 0.25) is 0 Å². The lowest BCUT2D eigenvalue weighted by Crippen LogP contribution is -2.00. The van der Waals surface area contributed by atoms with Gasteiger partial charge in [-0.25, -0.2) is 4.39 Å². The molecule has 2 nitrogen and oxygen atoms in total. The van der Waals surface area contributed by atoms with E-state index in [2.05, 4.69) is 4.98 Å². The standard InChI is InChI=1S/C10H6Cl2FNOS/c11-8-2-7(10(12)16-8)9(15)5-1-6(13)4-14-3-5/h1-4,9,15H. The summed E-state index contributed by atoms with van der Waals surface area (Å²) in [7, 11) is 0.